The van der Waals surface area contributed by atoms with Crippen LogP contribution in [0.4, 0.5) is 0 Å². The standard InChI is InChI=1S/C23H54O12Si3/c1-23(20-33-14-11-17-36(24-2,25-3)26-4,21-34-15-12-18-37(27-5,28-6)29-7)22-35-16-13-19-38(30-8,31-9)32-10/h11-22H2,1-10H3. The lowest BCUT2D eigenvalue weighted by atomic mass is 9.94. The van der Waals surface area contributed by atoms with Gasteiger partial charge in [0.05, 0.1) is 19.8 Å². The summed E-state index contributed by atoms with van der Waals surface area (Å²) in [6.07, 6.45) is 2.28. The van der Waals surface area contributed by atoms with Crippen LogP contribution >= 0.6 is 0 Å². The molecule has 0 heterocycles. The zero-order valence-electron chi connectivity index (χ0n) is 25.4. The van der Waals surface area contributed by atoms with Crippen molar-refractivity contribution in [3.05, 3.63) is 0 Å². The molecule has 230 valence electrons. The minimum Gasteiger partial charge on any atom is -0.381 e. The van der Waals surface area contributed by atoms with E-state index in [0.29, 0.717) is 57.8 Å². The Balaban J connectivity index is 4.80. The molecule has 0 saturated carbocycles. The highest BCUT2D eigenvalue weighted by molar-refractivity contribution is 6.61. The third-order valence-corrected chi connectivity index (χ3v) is 15.0. The molecule has 0 aliphatic rings. The molecule has 0 aromatic rings. The van der Waals surface area contributed by atoms with Crippen molar-refractivity contribution in [2.45, 2.75) is 44.3 Å². The van der Waals surface area contributed by atoms with Crippen LogP contribution in [-0.2, 0) is 54.0 Å². The molecule has 0 amide bonds. The first-order valence-electron chi connectivity index (χ1n) is 12.9. The minimum absolute atomic E-state index is 0.338. The first-order chi connectivity index (χ1) is 18.2. The fraction of sp³-hybridized carbons (Fsp3) is 1.00. The number of hydrogen-bond acceptors (Lipinski definition) is 12. The second-order valence-electron chi connectivity index (χ2n) is 9.17. The second kappa shape index (κ2) is 21.0. The van der Waals surface area contributed by atoms with Gasteiger partial charge in [0, 0.05) is 107 Å². The van der Waals surface area contributed by atoms with Crippen LogP contribution in [0.2, 0.25) is 18.1 Å². The second-order valence-corrected chi connectivity index (χ2v) is 18.4. The molecule has 0 unspecified atom stereocenters. The van der Waals surface area contributed by atoms with E-state index in [1.807, 2.05) is 0 Å². The smallest absolute Gasteiger partial charge is 0.381 e. The molecule has 0 aromatic carbocycles. The summed E-state index contributed by atoms with van der Waals surface area (Å²) in [7, 11) is 6.70. The van der Waals surface area contributed by atoms with Gasteiger partial charge >= 0.3 is 26.4 Å². The Bertz CT molecular complexity index is 465. The van der Waals surface area contributed by atoms with Gasteiger partial charge in [0.15, 0.2) is 0 Å². The highest BCUT2D eigenvalue weighted by atomic mass is 28.4. The lowest BCUT2D eigenvalue weighted by Gasteiger charge is -2.30. The maximum atomic E-state index is 6.04. The summed E-state index contributed by atoms with van der Waals surface area (Å²) >= 11 is 0. The van der Waals surface area contributed by atoms with Crippen LogP contribution in [0.3, 0.4) is 0 Å². The van der Waals surface area contributed by atoms with Gasteiger partial charge in [-0.15, -0.1) is 0 Å². The van der Waals surface area contributed by atoms with Crippen molar-refractivity contribution in [1.29, 1.82) is 0 Å². The third kappa shape index (κ3) is 13.7. The number of rotatable bonds is 27. The highest BCUT2D eigenvalue weighted by Crippen LogP contribution is 2.22. The van der Waals surface area contributed by atoms with Crippen molar-refractivity contribution in [2.24, 2.45) is 5.41 Å². The van der Waals surface area contributed by atoms with Gasteiger partial charge in [-0.25, -0.2) is 0 Å². The summed E-state index contributed by atoms with van der Waals surface area (Å²) in [6, 6.07) is 2.03. The molecule has 0 radical (unpaired) electrons. The predicted molar refractivity (Wildman–Crippen MR) is 149 cm³/mol. The lowest BCUT2D eigenvalue weighted by Crippen LogP contribution is -2.43. The van der Waals surface area contributed by atoms with Crippen LogP contribution in [0.25, 0.3) is 0 Å². The molecule has 0 aromatic heterocycles. The van der Waals surface area contributed by atoms with Gasteiger partial charge in [-0.05, 0) is 19.3 Å². The van der Waals surface area contributed by atoms with Gasteiger partial charge in [-0.2, -0.15) is 0 Å². The fourth-order valence-corrected chi connectivity index (χ4v) is 8.99. The summed E-state index contributed by atoms with van der Waals surface area (Å²) in [5, 5.41) is 0. The van der Waals surface area contributed by atoms with E-state index in [0.717, 1.165) is 19.3 Å². The fourth-order valence-electron chi connectivity index (χ4n) is 3.92. The van der Waals surface area contributed by atoms with Crippen molar-refractivity contribution in [2.75, 3.05) is 104 Å². The topological polar surface area (TPSA) is 111 Å². The lowest BCUT2D eigenvalue weighted by molar-refractivity contribution is -0.0606. The van der Waals surface area contributed by atoms with Crippen molar-refractivity contribution in [1.82, 2.24) is 0 Å². The van der Waals surface area contributed by atoms with Crippen molar-refractivity contribution in [3.63, 3.8) is 0 Å². The zero-order chi connectivity index (χ0) is 29.0. The average molecular weight is 607 g/mol. The molecule has 0 N–H and O–H groups in total. The summed E-state index contributed by atoms with van der Waals surface area (Å²) in [5.41, 5.74) is -0.338. The summed E-state index contributed by atoms with van der Waals surface area (Å²) in [4.78, 5) is 0. The van der Waals surface area contributed by atoms with Crippen molar-refractivity contribution in [3.8, 4) is 0 Å². The van der Waals surface area contributed by atoms with E-state index >= 15 is 0 Å². The normalized spacial score (nSPS) is 13.4. The SMILES string of the molecule is CO[Si](CCCOCC(C)(COCCC[Si](OC)(OC)OC)COCCC[Si](OC)(OC)OC)(OC)OC. The maximum Gasteiger partial charge on any atom is 0.500 e. The number of ether oxygens (including phenoxy) is 3. The van der Waals surface area contributed by atoms with Crippen molar-refractivity contribution >= 4 is 26.4 Å². The van der Waals surface area contributed by atoms with E-state index in [9.17, 15) is 0 Å². The Hall–Kier alpha value is 0.171. The summed E-state index contributed by atoms with van der Waals surface area (Å²) in [6.45, 7) is 5.19. The van der Waals surface area contributed by atoms with Crippen LogP contribution in [0.5, 0.6) is 0 Å². The Morgan fingerprint density at radius 3 is 0.789 bits per heavy atom. The van der Waals surface area contributed by atoms with E-state index in [2.05, 4.69) is 6.92 Å². The number of hydrogen-bond donors (Lipinski definition) is 0. The largest absolute Gasteiger partial charge is 0.500 e. The average Bonchev–Trinajstić information content (AvgIpc) is 2.96. The predicted octanol–water partition coefficient (Wildman–Crippen LogP) is 2.85. The Kier molecular flexibility index (Phi) is 21.1. The molecule has 0 bridgehead atoms. The zero-order valence-corrected chi connectivity index (χ0v) is 28.4. The molecular formula is C23H54O12Si3. The molecule has 0 atom stereocenters. The molecule has 15 heteroatoms. The molecule has 0 rings (SSSR count). The van der Waals surface area contributed by atoms with Crippen LogP contribution in [0.1, 0.15) is 26.2 Å². The highest BCUT2D eigenvalue weighted by Gasteiger charge is 2.39. The summed E-state index contributed by atoms with van der Waals surface area (Å²) in [5.74, 6) is 0. The Morgan fingerprint density at radius 2 is 0.605 bits per heavy atom. The van der Waals surface area contributed by atoms with E-state index in [-0.39, 0.29) is 5.41 Å². The first-order valence-corrected chi connectivity index (χ1v) is 18.7. The molecule has 0 aliphatic heterocycles. The minimum atomic E-state index is -2.61. The molecule has 12 nitrogen and oxygen atoms in total. The van der Waals surface area contributed by atoms with Crippen LogP contribution in [0.15, 0.2) is 0 Å². The molecule has 0 fully saturated rings. The van der Waals surface area contributed by atoms with Crippen LogP contribution in [-0.4, -0.2) is 130 Å². The summed E-state index contributed by atoms with van der Waals surface area (Å²) < 4.78 is 67.5. The molecule has 0 saturated heterocycles. The first kappa shape index (κ1) is 38.2. The van der Waals surface area contributed by atoms with Crippen LogP contribution in [0, 0.1) is 5.41 Å². The van der Waals surface area contributed by atoms with Gasteiger partial charge < -0.3 is 54.0 Å². The molecule has 38 heavy (non-hydrogen) atoms. The van der Waals surface area contributed by atoms with E-state index in [1.54, 1.807) is 64.0 Å². The Morgan fingerprint density at radius 1 is 0.395 bits per heavy atom. The Labute approximate surface area is 233 Å². The molecule has 0 aliphatic carbocycles. The molecular weight excluding hydrogens is 552 g/mol. The van der Waals surface area contributed by atoms with Gasteiger partial charge in [0.25, 0.3) is 0 Å². The van der Waals surface area contributed by atoms with E-state index < -0.39 is 26.4 Å². The van der Waals surface area contributed by atoms with Gasteiger partial charge in [-0.1, -0.05) is 6.92 Å². The van der Waals surface area contributed by atoms with Crippen molar-refractivity contribution < 1.29 is 54.0 Å². The van der Waals surface area contributed by atoms with E-state index in [4.69, 9.17) is 54.0 Å². The maximum absolute atomic E-state index is 6.04. The molecule has 0 spiro atoms. The quantitative estimate of drug-likeness (QED) is 0.101. The van der Waals surface area contributed by atoms with Crippen LogP contribution < -0.4 is 0 Å². The van der Waals surface area contributed by atoms with Gasteiger partial charge in [0.1, 0.15) is 0 Å². The third-order valence-electron chi connectivity index (χ3n) is 6.47. The van der Waals surface area contributed by atoms with Gasteiger partial charge in [0.2, 0.25) is 0 Å². The van der Waals surface area contributed by atoms with E-state index in [1.165, 1.54) is 0 Å². The van der Waals surface area contributed by atoms with Gasteiger partial charge in [-0.3, -0.25) is 0 Å². The monoisotopic (exact) mass is 606 g/mol.